The quantitative estimate of drug-likeness (QED) is 0.462. The van der Waals surface area contributed by atoms with Gasteiger partial charge < -0.3 is 19.7 Å². The van der Waals surface area contributed by atoms with Crippen LogP contribution in [0.3, 0.4) is 0 Å². The third-order valence-corrected chi connectivity index (χ3v) is 5.83. The van der Waals surface area contributed by atoms with Gasteiger partial charge in [0.15, 0.2) is 18.1 Å². The maximum atomic E-state index is 13.2. The standard InChI is InChI=1S/C20H14N2O7/c1-7(23)28-18-14-12(17(27)19-20(18,2)29-19)11-13(22(14)6-21)16(26)10-8(15(11)25)4-3-5-9(10)24/h3-5,17-19,24,27H,1-2H3/t17-,18+,19-,20+/m0/s1. The highest BCUT2D eigenvalue weighted by molar-refractivity contribution is 6.29. The van der Waals surface area contributed by atoms with Crippen LogP contribution in [0.25, 0.3) is 0 Å². The molecule has 2 N–H and O–H groups in total. The lowest BCUT2D eigenvalue weighted by atomic mass is 9.79. The zero-order valence-electron chi connectivity index (χ0n) is 15.3. The van der Waals surface area contributed by atoms with Crippen molar-refractivity contribution in [3.63, 3.8) is 0 Å². The molecule has 2 heterocycles. The van der Waals surface area contributed by atoms with E-state index in [0.717, 1.165) is 4.57 Å². The molecule has 0 unspecified atom stereocenters. The number of ketones is 2. The SMILES string of the molecule is CC(=O)O[C@@H]1c2c(c3c(n2C#N)C(=O)c2c(O)cccc2C3=O)[C@H](O)[C@@H]2O[C@]12C. The van der Waals surface area contributed by atoms with Crippen LogP contribution in [0.1, 0.15) is 69.3 Å². The lowest BCUT2D eigenvalue weighted by Gasteiger charge is -2.28. The predicted octanol–water partition coefficient (Wildman–Crippen LogP) is 1.11. The van der Waals surface area contributed by atoms with Crippen molar-refractivity contribution < 1.29 is 34.1 Å². The number of carbonyl (C=O) groups is 3. The number of aliphatic hydroxyl groups excluding tert-OH is 1. The van der Waals surface area contributed by atoms with E-state index in [4.69, 9.17) is 9.47 Å². The number of phenols is 1. The number of aromatic nitrogens is 1. The molecule has 1 aliphatic heterocycles. The number of phenolic OH excluding ortho intramolecular Hbond substituents is 1. The van der Waals surface area contributed by atoms with Gasteiger partial charge in [-0.25, -0.2) is 4.57 Å². The summed E-state index contributed by atoms with van der Waals surface area (Å²) in [5.74, 6) is -2.36. The maximum Gasteiger partial charge on any atom is 0.303 e. The van der Waals surface area contributed by atoms with Crippen molar-refractivity contribution in [3.05, 3.63) is 51.8 Å². The molecule has 0 spiro atoms. The largest absolute Gasteiger partial charge is 0.507 e. The minimum Gasteiger partial charge on any atom is -0.507 e. The van der Waals surface area contributed by atoms with Crippen LogP contribution in [0.15, 0.2) is 18.2 Å². The first-order valence-electron chi connectivity index (χ1n) is 8.85. The monoisotopic (exact) mass is 394 g/mol. The average molecular weight is 394 g/mol. The fourth-order valence-corrected chi connectivity index (χ4v) is 4.53. The van der Waals surface area contributed by atoms with Crippen molar-refractivity contribution in [2.75, 3.05) is 0 Å². The summed E-state index contributed by atoms with van der Waals surface area (Å²) in [7, 11) is 0. The molecule has 0 radical (unpaired) electrons. The second kappa shape index (κ2) is 5.31. The van der Waals surface area contributed by atoms with Gasteiger partial charge in [0.25, 0.3) is 0 Å². The van der Waals surface area contributed by atoms with Gasteiger partial charge in [-0.2, -0.15) is 5.26 Å². The van der Waals surface area contributed by atoms with Crippen molar-refractivity contribution in [1.29, 1.82) is 5.26 Å². The smallest absolute Gasteiger partial charge is 0.303 e. The van der Waals surface area contributed by atoms with Gasteiger partial charge in [-0.05, 0) is 13.0 Å². The van der Waals surface area contributed by atoms with Crippen molar-refractivity contribution in [3.8, 4) is 11.9 Å². The third kappa shape index (κ3) is 1.97. The highest BCUT2D eigenvalue weighted by atomic mass is 16.7. The molecule has 3 aliphatic rings. The Labute approximate surface area is 163 Å². The Morgan fingerprint density at radius 2 is 2.03 bits per heavy atom. The third-order valence-electron chi connectivity index (χ3n) is 5.83. The number of aliphatic hydroxyl groups is 1. The molecule has 4 atom stereocenters. The fraction of sp³-hybridized carbons (Fsp3) is 0.300. The van der Waals surface area contributed by atoms with Crippen LogP contribution in [0, 0.1) is 11.5 Å². The molecule has 0 bridgehead atoms. The van der Waals surface area contributed by atoms with Crippen molar-refractivity contribution in [2.24, 2.45) is 0 Å². The van der Waals surface area contributed by atoms with E-state index in [2.05, 4.69) is 0 Å². The number of carbonyl (C=O) groups excluding carboxylic acids is 3. The average Bonchev–Trinajstić information content (AvgIpc) is 3.25. The first-order valence-corrected chi connectivity index (χ1v) is 8.85. The first kappa shape index (κ1) is 17.6. The van der Waals surface area contributed by atoms with Gasteiger partial charge in [-0.3, -0.25) is 14.4 Å². The van der Waals surface area contributed by atoms with E-state index in [1.807, 2.05) is 6.19 Å². The van der Waals surface area contributed by atoms with Gasteiger partial charge in [0.2, 0.25) is 5.78 Å². The van der Waals surface area contributed by atoms with E-state index >= 15 is 0 Å². The summed E-state index contributed by atoms with van der Waals surface area (Å²) in [6.07, 6.45) is -1.29. The number of hydrogen-bond donors (Lipinski definition) is 2. The Kier molecular flexibility index (Phi) is 3.23. The van der Waals surface area contributed by atoms with Gasteiger partial charge in [0, 0.05) is 18.1 Å². The number of aromatic hydroxyl groups is 1. The van der Waals surface area contributed by atoms with Gasteiger partial charge in [-0.1, -0.05) is 12.1 Å². The fourth-order valence-electron chi connectivity index (χ4n) is 4.53. The van der Waals surface area contributed by atoms with E-state index in [1.165, 1.54) is 25.1 Å². The molecule has 1 aromatic carbocycles. The summed E-state index contributed by atoms with van der Waals surface area (Å²) in [6, 6.07) is 4.09. The van der Waals surface area contributed by atoms with Crippen LogP contribution < -0.4 is 0 Å². The van der Waals surface area contributed by atoms with Gasteiger partial charge in [-0.15, -0.1) is 0 Å². The van der Waals surface area contributed by atoms with E-state index in [0.29, 0.717) is 0 Å². The summed E-state index contributed by atoms with van der Waals surface area (Å²) in [4.78, 5) is 38.1. The van der Waals surface area contributed by atoms with E-state index in [9.17, 15) is 29.9 Å². The Bertz CT molecular complexity index is 1200. The molecule has 9 nitrogen and oxygen atoms in total. The molecular formula is C20H14N2O7. The minimum absolute atomic E-state index is 0.0262. The molecule has 2 aromatic rings. The summed E-state index contributed by atoms with van der Waals surface area (Å²) >= 11 is 0. The minimum atomic E-state index is -1.29. The van der Waals surface area contributed by atoms with Gasteiger partial charge >= 0.3 is 5.97 Å². The number of epoxide rings is 1. The zero-order chi connectivity index (χ0) is 20.8. The molecule has 0 amide bonds. The summed E-state index contributed by atoms with van der Waals surface area (Å²) < 4.78 is 11.9. The maximum absolute atomic E-state index is 13.2. The van der Waals surface area contributed by atoms with Crippen molar-refractivity contribution >= 4 is 17.5 Å². The van der Waals surface area contributed by atoms with Crippen LogP contribution in [0.5, 0.6) is 5.75 Å². The number of nitrogens with zero attached hydrogens (tertiary/aromatic N) is 2. The lowest BCUT2D eigenvalue weighted by Crippen LogP contribution is -2.35. The first-order chi connectivity index (χ1) is 13.7. The number of benzene rings is 1. The molecule has 146 valence electrons. The molecule has 5 rings (SSSR count). The highest BCUT2D eigenvalue weighted by Crippen LogP contribution is 2.60. The number of hydrogen-bond acceptors (Lipinski definition) is 8. The molecular weight excluding hydrogens is 380 g/mol. The molecule has 9 heteroatoms. The van der Waals surface area contributed by atoms with Gasteiger partial charge in [0.05, 0.1) is 16.8 Å². The normalized spacial score (nSPS) is 28.6. The number of esters is 1. The Balaban J connectivity index is 1.86. The summed E-state index contributed by atoms with van der Waals surface area (Å²) in [6.45, 7) is 2.81. The molecule has 1 saturated heterocycles. The molecule has 2 aliphatic carbocycles. The lowest BCUT2D eigenvalue weighted by molar-refractivity contribution is -0.151. The second-order valence-electron chi connectivity index (χ2n) is 7.47. The van der Waals surface area contributed by atoms with Crippen LogP contribution in [0.2, 0.25) is 0 Å². The molecule has 29 heavy (non-hydrogen) atoms. The van der Waals surface area contributed by atoms with E-state index in [-0.39, 0.29) is 39.4 Å². The van der Waals surface area contributed by atoms with Crippen LogP contribution in [-0.2, 0) is 14.3 Å². The number of rotatable bonds is 1. The zero-order valence-corrected chi connectivity index (χ0v) is 15.3. The number of ether oxygens (including phenoxy) is 2. The van der Waals surface area contributed by atoms with E-state index in [1.54, 1.807) is 6.92 Å². The van der Waals surface area contributed by atoms with Crippen LogP contribution in [-0.4, -0.2) is 44.0 Å². The molecule has 0 saturated carbocycles. The summed E-state index contributed by atoms with van der Waals surface area (Å²) in [5, 5.41) is 30.8. The predicted molar refractivity (Wildman–Crippen MR) is 93.2 cm³/mol. The number of nitriles is 1. The van der Waals surface area contributed by atoms with Gasteiger partial charge in [0.1, 0.15) is 29.3 Å². The second-order valence-corrected chi connectivity index (χ2v) is 7.47. The highest BCUT2D eigenvalue weighted by Gasteiger charge is 2.69. The van der Waals surface area contributed by atoms with E-state index < -0.39 is 41.4 Å². The topological polar surface area (TPSA) is 142 Å². The Morgan fingerprint density at radius 3 is 2.69 bits per heavy atom. The van der Waals surface area contributed by atoms with Crippen LogP contribution >= 0.6 is 0 Å². The molecule has 1 fully saturated rings. The van der Waals surface area contributed by atoms with Crippen LogP contribution in [0.4, 0.5) is 0 Å². The van der Waals surface area contributed by atoms with Crippen molar-refractivity contribution in [2.45, 2.75) is 37.8 Å². The number of fused-ring (bicyclic) bond motifs is 5. The Hall–Kier alpha value is -3.48. The summed E-state index contributed by atoms with van der Waals surface area (Å²) in [5.41, 5.74) is -1.64. The van der Waals surface area contributed by atoms with Crippen molar-refractivity contribution in [1.82, 2.24) is 4.57 Å². The Morgan fingerprint density at radius 1 is 1.31 bits per heavy atom. The molecule has 1 aromatic heterocycles.